The van der Waals surface area contributed by atoms with Gasteiger partial charge in [-0.25, -0.2) is 0 Å². The lowest BCUT2D eigenvalue weighted by Crippen LogP contribution is -2.38. The zero-order valence-electron chi connectivity index (χ0n) is 9.92. The van der Waals surface area contributed by atoms with Crippen molar-refractivity contribution in [1.29, 1.82) is 0 Å². The molecule has 1 N–H and O–H groups in total. The SMILES string of the molecule is CCCCC(=O)N[C@H]1CCC[C@H](SC)C1. The predicted molar refractivity (Wildman–Crippen MR) is 67.2 cm³/mol. The Balaban J connectivity index is 2.22. The smallest absolute Gasteiger partial charge is 0.220 e. The average molecular weight is 229 g/mol. The minimum Gasteiger partial charge on any atom is -0.353 e. The highest BCUT2D eigenvalue weighted by Gasteiger charge is 2.22. The molecule has 1 aliphatic carbocycles. The van der Waals surface area contributed by atoms with Crippen LogP contribution in [0, 0.1) is 0 Å². The number of thioether (sulfide) groups is 1. The van der Waals surface area contributed by atoms with Gasteiger partial charge in [-0.2, -0.15) is 11.8 Å². The maximum Gasteiger partial charge on any atom is 0.220 e. The van der Waals surface area contributed by atoms with E-state index in [-0.39, 0.29) is 5.91 Å². The minimum atomic E-state index is 0.253. The molecular weight excluding hydrogens is 206 g/mol. The normalized spacial score (nSPS) is 26.3. The molecule has 0 aromatic carbocycles. The molecule has 2 nitrogen and oxygen atoms in total. The lowest BCUT2D eigenvalue weighted by molar-refractivity contribution is -0.122. The molecule has 15 heavy (non-hydrogen) atoms. The van der Waals surface area contributed by atoms with E-state index in [2.05, 4.69) is 18.5 Å². The van der Waals surface area contributed by atoms with E-state index in [1.165, 1.54) is 25.7 Å². The van der Waals surface area contributed by atoms with Crippen LogP contribution in [0.4, 0.5) is 0 Å². The van der Waals surface area contributed by atoms with Crippen LogP contribution >= 0.6 is 11.8 Å². The van der Waals surface area contributed by atoms with E-state index in [4.69, 9.17) is 0 Å². The van der Waals surface area contributed by atoms with Crippen LogP contribution in [0.3, 0.4) is 0 Å². The Kier molecular flexibility index (Phi) is 6.15. The summed E-state index contributed by atoms with van der Waals surface area (Å²) in [6.07, 6.45) is 9.93. The first kappa shape index (κ1) is 12.9. The summed E-state index contributed by atoms with van der Waals surface area (Å²) in [4.78, 5) is 11.5. The molecule has 0 radical (unpaired) electrons. The van der Waals surface area contributed by atoms with E-state index in [0.29, 0.717) is 12.5 Å². The summed E-state index contributed by atoms with van der Waals surface area (Å²) in [6, 6.07) is 0.445. The first-order valence-corrected chi connectivity index (χ1v) is 7.37. The van der Waals surface area contributed by atoms with E-state index in [0.717, 1.165) is 18.1 Å². The summed E-state index contributed by atoms with van der Waals surface area (Å²) < 4.78 is 0. The molecule has 0 heterocycles. The molecule has 0 spiro atoms. The van der Waals surface area contributed by atoms with Crippen molar-refractivity contribution in [3.05, 3.63) is 0 Å². The fourth-order valence-electron chi connectivity index (χ4n) is 2.13. The molecule has 0 aromatic heterocycles. The number of nitrogens with one attached hydrogen (secondary N) is 1. The van der Waals surface area contributed by atoms with Gasteiger partial charge in [0.15, 0.2) is 0 Å². The van der Waals surface area contributed by atoms with Crippen LogP contribution in [-0.4, -0.2) is 23.5 Å². The minimum absolute atomic E-state index is 0.253. The highest BCUT2D eigenvalue weighted by atomic mass is 32.2. The largest absolute Gasteiger partial charge is 0.353 e. The maximum atomic E-state index is 11.5. The van der Waals surface area contributed by atoms with Crippen molar-refractivity contribution < 1.29 is 4.79 Å². The number of carbonyl (C=O) groups is 1. The Bertz CT molecular complexity index is 196. The van der Waals surface area contributed by atoms with Gasteiger partial charge in [-0.1, -0.05) is 19.8 Å². The van der Waals surface area contributed by atoms with E-state index in [1.54, 1.807) is 0 Å². The van der Waals surface area contributed by atoms with Crippen molar-refractivity contribution in [3.63, 3.8) is 0 Å². The number of hydrogen-bond acceptors (Lipinski definition) is 2. The summed E-state index contributed by atoms with van der Waals surface area (Å²) in [6.45, 7) is 2.12. The van der Waals surface area contributed by atoms with Gasteiger partial charge in [-0.15, -0.1) is 0 Å². The van der Waals surface area contributed by atoms with Gasteiger partial charge in [0.05, 0.1) is 0 Å². The quantitative estimate of drug-likeness (QED) is 0.785. The first-order valence-electron chi connectivity index (χ1n) is 6.08. The molecule has 0 aliphatic heterocycles. The topological polar surface area (TPSA) is 29.1 Å². The molecule has 1 aliphatic rings. The molecule has 0 aromatic rings. The average Bonchev–Trinajstić information content (AvgIpc) is 2.26. The zero-order valence-corrected chi connectivity index (χ0v) is 10.7. The molecule has 1 amide bonds. The Hall–Kier alpha value is -0.180. The van der Waals surface area contributed by atoms with Crippen LogP contribution in [0.1, 0.15) is 51.9 Å². The van der Waals surface area contributed by atoms with E-state index in [1.807, 2.05) is 11.8 Å². The standard InChI is InChI=1S/C12H23NOS/c1-3-4-8-12(14)13-10-6-5-7-11(9-10)15-2/h10-11H,3-9H2,1-2H3,(H,13,14)/t10-,11-/m0/s1. The number of rotatable bonds is 5. The predicted octanol–water partition coefficient (Wildman–Crippen LogP) is 2.97. The van der Waals surface area contributed by atoms with Crippen LogP contribution in [0.5, 0.6) is 0 Å². The third-order valence-corrected chi connectivity index (χ3v) is 4.18. The van der Waals surface area contributed by atoms with Crippen molar-refractivity contribution in [3.8, 4) is 0 Å². The van der Waals surface area contributed by atoms with Crippen LogP contribution < -0.4 is 5.32 Å². The molecule has 0 saturated heterocycles. The highest BCUT2D eigenvalue weighted by Crippen LogP contribution is 2.26. The van der Waals surface area contributed by atoms with Crippen LogP contribution in [0.15, 0.2) is 0 Å². The molecule has 1 fully saturated rings. The number of hydrogen-bond donors (Lipinski definition) is 1. The molecule has 0 bridgehead atoms. The van der Waals surface area contributed by atoms with E-state index >= 15 is 0 Å². The van der Waals surface area contributed by atoms with Gasteiger partial charge >= 0.3 is 0 Å². The van der Waals surface area contributed by atoms with Crippen molar-refractivity contribution in [2.75, 3.05) is 6.26 Å². The number of carbonyl (C=O) groups excluding carboxylic acids is 1. The molecule has 1 saturated carbocycles. The van der Waals surface area contributed by atoms with Gasteiger partial charge in [-0.05, 0) is 31.9 Å². The van der Waals surface area contributed by atoms with Gasteiger partial charge in [0, 0.05) is 17.7 Å². The third-order valence-electron chi connectivity index (χ3n) is 3.08. The Morgan fingerprint density at radius 1 is 1.47 bits per heavy atom. The summed E-state index contributed by atoms with van der Waals surface area (Å²) in [5, 5.41) is 3.93. The van der Waals surface area contributed by atoms with Crippen molar-refractivity contribution in [2.45, 2.75) is 63.2 Å². The van der Waals surface area contributed by atoms with Gasteiger partial charge in [0.2, 0.25) is 5.91 Å². The second-order valence-corrected chi connectivity index (χ2v) is 5.53. The monoisotopic (exact) mass is 229 g/mol. The van der Waals surface area contributed by atoms with E-state index < -0.39 is 0 Å². The van der Waals surface area contributed by atoms with E-state index in [9.17, 15) is 4.79 Å². The molecule has 3 heteroatoms. The summed E-state index contributed by atoms with van der Waals surface area (Å²) in [5.74, 6) is 0.253. The summed E-state index contributed by atoms with van der Waals surface area (Å²) >= 11 is 1.94. The second-order valence-electron chi connectivity index (χ2n) is 4.39. The van der Waals surface area contributed by atoms with Crippen LogP contribution in [0.2, 0.25) is 0 Å². The number of amides is 1. The Morgan fingerprint density at radius 3 is 2.93 bits per heavy atom. The van der Waals surface area contributed by atoms with Gasteiger partial charge < -0.3 is 5.32 Å². The third kappa shape index (κ3) is 4.92. The summed E-state index contributed by atoms with van der Waals surface area (Å²) in [7, 11) is 0. The van der Waals surface area contributed by atoms with Gasteiger partial charge in [-0.3, -0.25) is 4.79 Å². The second kappa shape index (κ2) is 7.15. The lowest BCUT2D eigenvalue weighted by Gasteiger charge is -2.28. The van der Waals surface area contributed by atoms with Crippen LogP contribution in [-0.2, 0) is 4.79 Å². The highest BCUT2D eigenvalue weighted by molar-refractivity contribution is 7.99. The summed E-state index contributed by atoms with van der Waals surface area (Å²) in [5.41, 5.74) is 0. The van der Waals surface area contributed by atoms with Crippen molar-refractivity contribution in [2.24, 2.45) is 0 Å². The fourth-order valence-corrected chi connectivity index (χ4v) is 2.95. The Morgan fingerprint density at radius 2 is 2.27 bits per heavy atom. The lowest BCUT2D eigenvalue weighted by atomic mass is 9.95. The zero-order chi connectivity index (χ0) is 11.1. The molecular formula is C12H23NOS. The Labute approximate surface area is 97.6 Å². The van der Waals surface area contributed by atoms with Crippen molar-refractivity contribution in [1.82, 2.24) is 5.32 Å². The number of unbranched alkanes of at least 4 members (excludes halogenated alkanes) is 1. The van der Waals surface area contributed by atoms with Gasteiger partial charge in [0.1, 0.15) is 0 Å². The fraction of sp³-hybridized carbons (Fsp3) is 0.917. The molecule has 0 unspecified atom stereocenters. The van der Waals surface area contributed by atoms with Crippen LogP contribution in [0.25, 0.3) is 0 Å². The van der Waals surface area contributed by atoms with Crippen molar-refractivity contribution >= 4 is 17.7 Å². The maximum absolute atomic E-state index is 11.5. The van der Waals surface area contributed by atoms with Gasteiger partial charge in [0.25, 0.3) is 0 Å². The molecule has 88 valence electrons. The molecule has 2 atom stereocenters. The first-order chi connectivity index (χ1) is 7.26. The molecule has 1 rings (SSSR count).